The number of hydrogen-bond donors (Lipinski definition) is 1. The third-order valence-corrected chi connectivity index (χ3v) is 5.99. The number of nitrogens with zero attached hydrogens (tertiary/aromatic N) is 3. The SMILES string of the molecule is CCCCNc1nc(N2CCSc3ccccc3C2)nc2ccc(C)cc12. The summed E-state index contributed by atoms with van der Waals surface area (Å²) < 4.78 is 0. The number of unbranched alkanes of at least 4 members (excludes halogenated alkanes) is 1. The van der Waals surface area contributed by atoms with Gasteiger partial charge in [-0.25, -0.2) is 4.98 Å². The van der Waals surface area contributed by atoms with Crippen LogP contribution in [0, 0.1) is 6.92 Å². The van der Waals surface area contributed by atoms with Gasteiger partial charge in [0.25, 0.3) is 0 Å². The molecule has 1 aromatic heterocycles. The quantitative estimate of drug-likeness (QED) is 0.613. The van der Waals surface area contributed by atoms with Crippen LogP contribution in [0.2, 0.25) is 0 Å². The van der Waals surface area contributed by atoms with Crippen molar-refractivity contribution in [3.63, 3.8) is 0 Å². The van der Waals surface area contributed by atoms with Gasteiger partial charge in [-0.1, -0.05) is 43.2 Å². The summed E-state index contributed by atoms with van der Waals surface area (Å²) in [6, 6.07) is 15.1. The first-order chi connectivity index (χ1) is 13.2. The van der Waals surface area contributed by atoms with E-state index in [2.05, 4.69) is 66.5 Å². The van der Waals surface area contributed by atoms with E-state index in [9.17, 15) is 0 Å². The van der Waals surface area contributed by atoms with Crippen molar-refractivity contribution in [2.75, 3.05) is 29.1 Å². The molecule has 0 saturated heterocycles. The predicted molar refractivity (Wildman–Crippen MR) is 116 cm³/mol. The molecule has 27 heavy (non-hydrogen) atoms. The summed E-state index contributed by atoms with van der Waals surface area (Å²) in [6.07, 6.45) is 2.31. The highest BCUT2D eigenvalue weighted by atomic mass is 32.2. The Morgan fingerprint density at radius 3 is 2.93 bits per heavy atom. The Kier molecular flexibility index (Phi) is 5.48. The molecule has 0 amide bonds. The van der Waals surface area contributed by atoms with Crippen molar-refractivity contribution in [1.82, 2.24) is 9.97 Å². The van der Waals surface area contributed by atoms with Crippen molar-refractivity contribution in [3.05, 3.63) is 53.6 Å². The van der Waals surface area contributed by atoms with Crippen LogP contribution in [0.3, 0.4) is 0 Å². The molecule has 0 atom stereocenters. The van der Waals surface area contributed by atoms with Gasteiger partial charge in [0, 0.05) is 35.7 Å². The van der Waals surface area contributed by atoms with Gasteiger partial charge in [0.2, 0.25) is 5.95 Å². The Bertz CT molecular complexity index is 941. The Balaban J connectivity index is 1.71. The van der Waals surface area contributed by atoms with Crippen LogP contribution in [0.1, 0.15) is 30.9 Å². The molecule has 1 aliphatic heterocycles. The number of aromatic nitrogens is 2. The van der Waals surface area contributed by atoms with Crippen LogP contribution in [0.4, 0.5) is 11.8 Å². The Morgan fingerprint density at radius 1 is 1.15 bits per heavy atom. The first kappa shape index (κ1) is 18.1. The summed E-state index contributed by atoms with van der Waals surface area (Å²) in [7, 11) is 0. The van der Waals surface area contributed by atoms with Crippen molar-refractivity contribution in [2.45, 2.75) is 38.1 Å². The third-order valence-electron chi connectivity index (χ3n) is 4.90. The van der Waals surface area contributed by atoms with Gasteiger partial charge in [0.15, 0.2) is 0 Å². The minimum atomic E-state index is 0.822. The van der Waals surface area contributed by atoms with E-state index in [0.29, 0.717) is 0 Å². The molecule has 1 aliphatic rings. The fourth-order valence-corrected chi connectivity index (χ4v) is 4.41. The standard InChI is InChI=1S/C22H26N4S/c1-3-4-11-23-21-18-14-16(2)9-10-19(18)24-22(25-21)26-12-13-27-20-8-6-5-7-17(20)15-26/h5-10,14H,3-4,11-13,15H2,1-2H3,(H,23,24,25). The van der Waals surface area contributed by atoms with E-state index >= 15 is 0 Å². The van der Waals surface area contributed by atoms with Crippen LogP contribution in [0.15, 0.2) is 47.4 Å². The number of aryl methyl sites for hydroxylation is 1. The molecule has 4 nitrogen and oxygen atoms in total. The minimum Gasteiger partial charge on any atom is -0.369 e. The lowest BCUT2D eigenvalue weighted by atomic mass is 10.1. The second-order valence-corrected chi connectivity index (χ2v) is 8.19. The number of hydrogen-bond acceptors (Lipinski definition) is 5. The molecular weight excluding hydrogens is 352 g/mol. The summed E-state index contributed by atoms with van der Waals surface area (Å²) in [4.78, 5) is 13.5. The monoisotopic (exact) mass is 378 g/mol. The van der Waals surface area contributed by atoms with Crippen molar-refractivity contribution >= 4 is 34.4 Å². The van der Waals surface area contributed by atoms with E-state index in [1.807, 2.05) is 11.8 Å². The fourth-order valence-electron chi connectivity index (χ4n) is 3.39. The lowest BCUT2D eigenvalue weighted by Gasteiger charge is -2.22. The van der Waals surface area contributed by atoms with Crippen LogP contribution >= 0.6 is 11.8 Å². The van der Waals surface area contributed by atoms with Crippen LogP contribution in [-0.4, -0.2) is 28.8 Å². The highest BCUT2D eigenvalue weighted by molar-refractivity contribution is 7.99. The van der Waals surface area contributed by atoms with Gasteiger partial charge in [0.1, 0.15) is 5.82 Å². The molecular formula is C22H26N4S. The number of nitrogens with one attached hydrogen (secondary N) is 1. The van der Waals surface area contributed by atoms with Crippen molar-refractivity contribution in [2.24, 2.45) is 0 Å². The first-order valence-corrected chi connectivity index (χ1v) is 10.7. The van der Waals surface area contributed by atoms with Crippen molar-refractivity contribution in [3.8, 4) is 0 Å². The van der Waals surface area contributed by atoms with E-state index in [-0.39, 0.29) is 0 Å². The average Bonchev–Trinajstić information content (AvgIpc) is 2.90. The Labute approximate surface area is 165 Å². The summed E-state index contributed by atoms with van der Waals surface area (Å²) >= 11 is 1.92. The third kappa shape index (κ3) is 4.03. The summed E-state index contributed by atoms with van der Waals surface area (Å²) in [5, 5.41) is 4.66. The lowest BCUT2D eigenvalue weighted by molar-refractivity contribution is 0.796. The molecule has 2 aromatic carbocycles. The van der Waals surface area contributed by atoms with E-state index in [0.717, 1.165) is 54.5 Å². The largest absolute Gasteiger partial charge is 0.369 e. The number of anilines is 2. The Morgan fingerprint density at radius 2 is 2.04 bits per heavy atom. The van der Waals surface area contributed by atoms with Crippen LogP contribution in [0.25, 0.3) is 10.9 Å². The highest BCUT2D eigenvalue weighted by Gasteiger charge is 2.18. The molecule has 0 radical (unpaired) electrons. The number of thioether (sulfide) groups is 1. The maximum atomic E-state index is 4.95. The van der Waals surface area contributed by atoms with Gasteiger partial charge < -0.3 is 10.2 Å². The zero-order chi connectivity index (χ0) is 18.6. The summed E-state index contributed by atoms with van der Waals surface area (Å²) in [6.45, 7) is 7.07. The van der Waals surface area contributed by atoms with Gasteiger partial charge in [-0.2, -0.15) is 4.98 Å². The molecule has 5 heteroatoms. The van der Waals surface area contributed by atoms with Gasteiger partial charge in [0.05, 0.1) is 5.52 Å². The van der Waals surface area contributed by atoms with Crippen molar-refractivity contribution in [1.29, 1.82) is 0 Å². The van der Waals surface area contributed by atoms with Gasteiger partial charge in [-0.05, 0) is 37.1 Å². The molecule has 0 unspecified atom stereocenters. The van der Waals surface area contributed by atoms with E-state index < -0.39 is 0 Å². The van der Waals surface area contributed by atoms with E-state index in [1.165, 1.54) is 22.4 Å². The van der Waals surface area contributed by atoms with E-state index in [1.54, 1.807) is 0 Å². The maximum absolute atomic E-state index is 4.95. The van der Waals surface area contributed by atoms with E-state index in [4.69, 9.17) is 9.97 Å². The zero-order valence-electron chi connectivity index (χ0n) is 16.0. The normalized spacial score (nSPS) is 14.1. The molecule has 4 rings (SSSR count). The molecule has 0 fully saturated rings. The highest BCUT2D eigenvalue weighted by Crippen LogP contribution is 2.30. The van der Waals surface area contributed by atoms with Crippen LogP contribution < -0.4 is 10.2 Å². The number of benzene rings is 2. The lowest BCUT2D eigenvalue weighted by Crippen LogP contribution is -2.26. The molecule has 0 spiro atoms. The first-order valence-electron chi connectivity index (χ1n) is 9.72. The second kappa shape index (κ2) is 8.17. The van der Waals surface area contributed by atoms with Gasteiger partial charge in [-0.3, -0.25) is 0 Å². The summed E-state index contributed by atoms with van der Waals surface area (Å²) in [5.74, 6) is 2.82. The minimum absolute atomic E-state index is 0.822. The molecule has 1 N–H and O–H groups in total. The zero-order valence-corrected chi connectivity index (χ0v) is 16.9. The van der Waals surface area contributed by atoms with Gasteiger partial charge >= 0.3 is 0 Å². The summed E-state index contributed by atoms with van der Waals surface area (Å²) in [5.41, 5.74) is 3.60. The smallest absolute Gasteiger partial charge is 0.228 e. The molecule has 0 saturated carbocycles. The second-order valence-electron chi connectivity index (χ2n) is 7.05. The fraction of sp³-hybridized carbons (Fsp3) is 0.364. The molecule has 2 heterocycles. The van der Waals surface area contributed by atoms with Gasteiger partial charge in [-0.15, -0.1) is 11.8 Å². The molecule has 140 valence electrons. The number of fused-ring (bicyclic) bond motifs is 2. The average molecular weight is 379 g/mol. The van der Waals surface area contributed by atoms with Crippen molar-refractivity contribution < 1.29 is 0 Å². The topological polar surface area (TPSA) is 41.1 Å². The molecule has 0 aliphatic carbocycles. The molecule has 0 bridgehead atoms. The number of rotatable bonds is 5. The van der Waals surface area contributed by atoms with Crippen LogP contribution in [-0.2, 0) is 6.54 Å². The van der Waals surface area contributed by atoms with Crippen LogP contribution in [0.5, 0.6) is 0 Å². The molecule has 3 aromatic rings. The predicted octanol–water partition coefficient (Wildman–Crippen LogP) is 5.26. The maximum Gasteiger partial charge on any atom is 0.228 e. The Hall–Kier alpha value is -2.27.